The number of aromatic nitrogens is 1. The Morgan fingerprint density at radius 2 is 2.09 bits per heavy atom. The maximum atomic E-state index is 4.53. The van der Waals surface area contributed by atoms with E-state index in [-0.39, 0.29) is 0 Å². The van der Waals surface area contributed by atoms with Crippen LogP contribution in [0.15, 0.2) is 0 Å². The van der Waals surface area contributed by atoms with Gasteiger partial charge >= 0.3 is 74.2 Å². The summed E-state index contributed by atoms with van der Waals surface area (Å²) in [6.07, 6.45) is 3.76. The summed E-state index contributed by atoms with van der Waals surface area (Å²) in [6.45, 7) is 6.60. The Hall–Kier alpha value is -0.0705. The summed E-state index contributed by atoms with van der Waals surface area (Å²) in [6, 6.07) is 0. The Kier molecular flexibility index (Phi) is 3.35. The van der Waals surface area contributed by atoms with Gasteiger partial charge in [-0.05, 0) is 0 Å². The van der Waals surface area contributed by atoms with Crippen LogP contribution in [0.2, 0.25) is 0 Å². The first-order valence-corrected chi connectivity index (χ1v) is 5.88. The number of nitrogens with zero attached hydrogens (tertiary/aromatic N) is 1. The molecule has 1 rings (SSSR count). The molecule has 0 saturated heterocycles. The molecule has 0 radical (unpaired) electrons. The normalized spacial score (nSPS) is 10.5. The van der Waals surface area contributed by atoms with Crippen LogP contribution in [0.4, 0.5) is 0 Å². The number of hydrogen-bond donors (Lipinski definition) is 0. The van der Waals surface area contributed by atoms with Crippen LogP contribution in [0.3, 0.4) is 0 Å². The molecule has 1 aromatic rings. The molecular weight excluding hydrogens is 201 g/mol. The predicted molar refractivity (Wildman–Crippen MR) is 49.3 cm³/mol. The minimum absolute atomic E-state index is 0.586. The fraction of sp³-hybridized carbons (Fsp3) is 0.667. The molecule has 0 N–H and O–H groups in total. The Bertz CT molecular complexity index is 227. The van der Waals surface area contributed by atoms with E-state index in [0.717, 1.165) is 0 Å². The topological polar surface area (TPSA) is 12.9 Å². The van der Waals surface area contributed by atoms with Gasteiger partial charge in [0.15, 0.2) is 0 Å². The second-order valence-electron chi connectivity index (χ2n) is 2.84. The van der Waals surface area contributed by atoms with E-state index >= 15 is 0 Å². The zero-order chi connectivity index (χ0) is 8.27. The molecule has 0 fully saturated rings. The van der Waals surface area contributed by atoms with Crippen molar-refractivity contribution >= 4 is 14.5 Å². The first kappa shape index (κ1) is 9.02. The molecule has 0 aliphatic rings. The third-order valence-corrected chi connectivity index (χ3v) is 3.71. The molecule has 0 aliphatic carbocycles. The van der Waals surface area contributed by atoms with Crippen molar-refractivity contribution in [2.45, 2.75) is 40.0 Å². The SMILES string of the molecule is CCCCc1nc(C)[se]c1C. The number of hydrogen-bond acceptors (Lipinski definition) is 1. The van der Waals surface area contributed by atoms with Gasteiger partial charge in [-0.3, -0.25) is 0 Å². The molecular formula is C9H15NSe. The summed E-state index contributed by atoms with van der Waals surface area (Å²) in [7, 11) is 0. The Morgan fingerprint density at radius 1 is 1.36 bits per heavy atom. The van der Waals surface area contributed by atoms with E-state index < -0.39 is 0 Å². The molecule has 1 nitrogen and oxygen atoms in total. The molecule has 2 heteroatoms. The molecule has 0 atom stereocenters. The molecule has 0 saturated carbocycles. The van der Waals surface area contributed by atoms with Gasteiger partial charge in [0, 0.05) is 0 Å². The van der Waals surface area contributed by atoms with Crippen molar-refractivity contribution in [2.24, 2.45) is 0 Å². The van der Waals surface area contributed by atoms with Crippen LogP contribution in [0.1, 0.15) is 34.5 Å². The third-order valence-electron chi connectivity index (χ3n) is 1.77. The molecule has 0 amide bonds. The van der Waals surface area contributed by atoms with Gasteiger partial charge in [0.05, 0.1) is 0 Å². The standard InChI is InChI=1S/C9H15NSe/c1-4-5-6-9-7(2)11-8(3)10-9/h4-6H2,1-3H3. The van der Waals surface area contributed by atoms with Crippen LogP contribution in [-0.2, 0) is 6.42 Å². The summed E-state index contributed by atoms with van der Waals surface area (Å²) in [5.74, 6) is 0. The number of unbranched alkanes of at least 4 members (excludes halogenated alkanes) is 1. The monoisotopic (exact) mass is 217 g/mol. The number of rotatable bonds is 3. The minimum atomic E-state index is 0.586. The molecule has 1 aromatic heterocycles. The van der Waals surface area contributed by atoms with Gasteiger partial charge in [-0.1, -0.05) is 0 Å². The molecule has 0 bridgehead atoms. The Morgan fingerprint density at radius 3 is 2.55 bits per heavy atom. The fourth-order valence-corrected chi connectivity index (χ4v) is 2.96. The first-order chi connectivity index (χ1) is 5.24. The van der Waals surface area contributed by atoms with E-state index in [2.05, 4.69) is 25.8 Å². The summed E-state index contributed by atoms with van der Waals surface area (Å²) in [4.78, 5) is 4.53. The summed E-state index contributed by atoms with van der Waals surface area (Å²) in [5, 5.41) is 0. The molecule has 0 aliphatic heterocycles. The Labute approximate surface area is 74.6 Å². The van der Waals surface area contributed by atoms with E-state index in [1.165, 1.54) is 29.5 Å². The van der Waals surface area contributed by atoms with Gasteiger partial charge < -0.3 is 0 Å². The van der Waals surface area contributed by atoms with Crippen molar-refractivity contribution in [3.63, 3.8) is 0 Å². The predicted octanol–water partition coefficient (Wildman–Crippen LogP) is 2.10. The average molecular weight is 216 g/mol. The first-order valence-electron chi connectivity index (χ1n) is 4.17. The number of aryl methyl sites for hydroxylation is 3. The molecule has 0 aromatic carbocycles. The average Bonchev–Trinajstić information content (AvgIpc) is 2.26. The van der Waals surface area contributed by atoms with Gasteiger partial charge in [0.2, 0.25) is 0 Å². The van der Waals surface area contributed by atoms with Gasteiger partial charge in [0.1, 0.15) is 0 Å². The molecule has 0 unspecified atom stereocenters. The van der Waals surface area contributed by atoms with Crippen LogP contribution in [-0.4, -0.2) is 19.5 Å². The van der Waals surface area contributed by atoms with Gasteiger partial charge in [-0.15, -0.1) is 0 Å². The quantitative estimate of drug-likeness (QED) is 0.705. The van der Waals surface area contributed by atoms with Gasteiger partial charge in [0.25, 0.3) is 0 Å². The van der Waals surface area contributed by atoms with Crippen LogP contribution in [0, 0.1) is 13.8 Å². The van der Waals surface area contributed by atoms with Crippen LogP contribution < -0.4 is 0 Å². The fourth-order valence-electron chi connectivity index (χ4n) is 1.15. The van der Waals surface area contributed by atoms with Gasteiger partial charge in [-0.25, -0.2) is 0 Å². The zero-order valence-corrected chi connectivity index (χ0v) is 9.19. The van der Waals surface area contributed by atoms with Crippen molar-refractivity contribution in [1.29, 1.82) is 0 Å². The second kappa shape index (κ2) is 4.08. The molecule has 0 spiro atoms. The van der Waals surface area contributed by atoms with E-state index in [4.69, 9.17) is 0 Å². The summed E-state index contributed by atoms with van der Waals surface area (Å²) < 4.78 is 2.89. The van der Waals surface area contributed by atoms with E-state index in [9.17, 15) is 0 Å². The van der Waals surface area contributed by atoms with E-state index in [1.54, 1.807) is 4.44 Å². The molecule has 62 valence electrons. The molecule has 11 heavy (non-hydrogen) atoms. The van der Waals surface area contributed by atoms with Crippen molar-refractivity contribution < 1.29 is 0 Å². The van der Waals surface area contributed by atoms with Crippen molar-refractivity contribution in [3.8, 4) is 0 Å². The van der Waals surface area contributed by atoms with Crippen LogP contribution >= 0.6 is 0 Å². The van der Waals surface area contributed by atoms with E-state index in [0.29, 0.717) is 14.5 Å². The second-order valence-corrected chi connectivity index (χ2v) is 5.79. The summed E-state index contributed by atoms with van der Waals surface area (Å²) in [5.41, 5.74) is 1.38. The summed E-state index contributed by atoms with van der Waals surface area (Å²) >= 11 is 0.586. The molecule has 1 heterocycles. The third kappa shape index (κ3) is 2.46. The van der Waals surface area contributed by atoms with Crippen LogP contribution in [0.25, 0.3) is 0 Å². The Balaban J connectivity index is 2.62. The maximum absolute atomic E-state index is 4.53. The van der Waals surface area contributed by atoms with Crippen LogP contribution in [0.5, 0.6) is 0 Å². The van der Waals surface area contributed by atoms with Crippen molar-refractivity contribution in [3.05, 3.63) is 14.7 Å². The van der Waals surface area contributed by atoms with E-state index in [1.807, 2.05) is 0 Å². The van der Waals surface area contributed by atoms with Crippen molar-refractivity contribution in [1.82, 2.24) is 4.98 Å². The van der Waals surface area contributed by atoms with Gasteiger partial charge in [-0.2, -0.15) is 0 Å². The zero-order valence-electron chi connectivity index (χ0n) is 7.48. The van der Waals surface area contributed by atoms with Crippen molar-refractivity contribution in [2.75, 3.05) is 0 Å².